The van der Waals surface area contributed by atoms with E-state index >= 15 is 0 Å². The van der Waals surface area contributed by atoms with E-state index in [2.05, 4.69) is 22.1 Å². The third-order valence-electron chi connectivity index (χ3n) is 2.88. The highest BCUT2D eigenvalue weighted by Crippen LogP contribution is 2.25. The van der Waals surface area contributed by atoms with Crippen LogP contribution in [0, 0.1) is 0 Å². The molecule has 0 unspecified atom stereocenters. The minimum absolute atomic E-state index is 0.352. The Labute approximate surface area is 105 Å². The Hall–Kier alpha value is -2.26. The fourth-order valence-corrected chi connectivity index (χ4v) is 2.03. The molecule has 2 aromatic carbocycles. The summed E-state index contributed by atoms with van der Waals surface area (Å²) in [7, 11) is 0. The van der Waals surface area contributed by atoms with Gasteiger partial charge in [-0.25, -0.2) is 9.97 Å². The van der Waals surface area contributed by atoms with Crippen LogP contribution in [0.3, 0.4) is 0 Å². The van der Waals surface area contributed by atoms with Crippen LogP contribution in [-0.2, 0) is 6.54 Å². The topological polar surface area (TPSA) is 51.8 Å². The van der Waals surface area contributed by atoms with Crippen molar-refractivity contribution in [2.75, 3.05) is 0 Å². The predicted octanol–water partition coefficient (Wildman–Crippen LogP) is 2.76. The Morgan fingerprint density at radius 1 is 0.833 bits per heavy atom. The quantitative estimate of drug-likeness (QED) is 0.743. The van der Waals surface area contributed by atoms with Crippen molar-refractivity contribution in [2.24, 2.45) is 5.73 Å². The molecule has 1 heterocycles. The van der Waals surface area contributed by atoms with E-state index in [4.69, 9.17) is 5.73 Å². The number of benzene rings is 2. The van der Waals surface area contributed by atoms with Gasteiger partial charge in [-0.15, -0.1) is 0 Å². The van der Waals surface area contributed by atoms with Crippen LogP contribution in [0.4, 0.5) is 0 Å². The number of hydrogen-bond donors (Lipinski definition) is 1. The van der Waals surface area contributed by atoms with E-state index in [9.17, 15) is 0 Å². The van der Waals surface area contributed by atoms with Gasteiger partial charge in [0.15, 0.2) is 0 Å². The molecule has 3 rings (SSSR count). The summed E-state index contributed by atoms with van der Waals surface area (Å²) >= 11 is 0. The molecule has 0 aliphatic heterocycles. The molecule has 0 aliphatic carbocycles. The first-order valence-corrected chi connectivity index (χ1v) is 5.89. The van der Waals surface area contributed by atoms with Gasteiger partial charge in [0, 0.05) is 10.9 Å². The fraction of sp³-hybridized carbons (Fsp3) is 0.0667. The molecule has 0 fully saturated rings. The van der Waals surface area contributed by atoms with Gasteiger partial charge >= 0.3 is 0 Å². The molecule has 0 bridgehead atoms. The van der Waals surface area contributed by atoms with Gasteiger partial charge in [-0.2, -0.15) is 0 Å². The molecule has 18 heavy (non-hydrogen) atoms. The SMILES string of the molecule is NCc1nc(-c2ccccc2)c2ccccc2n1. The van der Waals surface area contributed by atoms with Gasteiger partial charge in [0.1, 0.15) is 5.82 Å². The molecular weight excluding hydrogens is 222 g/mol. The first-order chi connectivity index (χ1) is 8.88. The lowest BCUT2D eigenvalue weighted by atomic mass is 10.1. The van der Waals surface area contributed by atoms with Crippen molar-refractivity contribution in [3.05, 3.63) is 60.4 Å². The molecule has 0 spiro atoms. The monoisotopic (exact) mass is 235 g/mol. The van der Waals surface area contributed by atoms with Crippen molar-refractivity contribution in [3.8, 4) is 11.3 Å². The highest BCUT2D eigenvalue weighted by atomic mass is 14.9. The highest BCUT2D eigenvalue weighted by molar-refractivity contribution is 5.92. The Morgan fingerprint density at radius 3 is 2.33 bits per heavy atom. The third-order valence-corrected chi connectivity index (χ3v) is 2.88. The zero-order chi connectivity index (χ0) is 12.4. The van der Waals surface area contributed by atoms with Crippen molar-refractivity contribution >= 4 is 10.9 Å². The minimum Gasteiger partial charge on any atom is -0.324 e. The second-order valence-electron chi connectivity index (χ2n) is 4.08. The van der Waals surface area contributed by atoms with Crippen molar-refractivity contribution in [2.45, 2.75) is 6.54 Å². The molecular formula is C15H13N3. The minimum atomic E-state index is 0.352. The fourth-order valence-electron chi connectivity index (χ4n) is 2.03. The summed E-state index contributed by atoms with van der Waals surface area (Å²) in [5.41, 5.74) is 8.63. The van der Waals surface area contributed by atoms with Gasteiger partial charge < -0.3 is 5.73 Å². The van der Waals surface area contributed by atoms with Crippen LogP contribution >= 0.6 is 0 Å². The molecule has 0 saturated carbocycles. The molecule has 3 heteroatoms. The molecule has 0 radical (unpaired) electrons. The average molecular weight is 235 g/mol. The van der Waals surface area contributed by atoms with Crippen LogP contribution in [0.5, 0.6) is 0 Å². The molecule has 2 N–H and O–H groups in total. The van der Waals surface area contributed by atoms with E-state index in [-0.39, 0.29) is 0 Å². The van der Waals surface area contributed by atoms with Crippen LogP contribution < -0.4 is 5.73 Å². The van der Waals surface area contributed by atoms with E-state index < -0.39 is 0 Å². The zero-order valence-electron chi connectivity index (χ0n) is 9.88. The second-order valence-corrected chi connectivity index (χ2v) is 4.08. The molecule has 0 atom stereocenters. The van der Waals surface area contributed by atoms with Crippen LogP contribution in [-0.4, -0.2) is 9.97 Å². The largest absolute Gasteiger partial charge is 0.324 e. The van der Waals surface area contributed by atoms with Crippen molar-refractivity contribution in [1.82, 2.24) is 9.97 Å². The van der Waals surface area contributed by atoms with E-state index in [1.807, 2.05) is 42.5 Å². The normalized spacial score (nSPS) is 10.7. The van der Waals surface area contributed by atoms with Gasteiger partial charge in [-0.1, -0.05) is 48.5 Å². The van der Waals surface area contributed by atoms with Gasteiger partial charge in [0.2, 0.25) is 0 Å². The molecule has 0 aliphatic rings. The van der Waals surface area contributed by atoms with Crippen LogP contribution in [0.25, 0.3) is 22.2 Å². The maximum Gasteiger partial charge on any atom is 0.143 e. The maximum absolute atomic E-state index is 5.66. The van der Waals surface area contributed by atoms with E-state index in [1.54, 1.807) is 0 Å². The summed E-state index contributed by atoms with van der Waals surface area (Å²) in [6, 6.07) is 18.1. The van der Waals surface area contributed by atoms with Crippen LogP contribution in [0.1, 0.15) is 5.82 Å². The number of fused-ring (bicyclic) bond motifs is 1. The summed E-state index contributed by atoms with van der Waals surface area (Å²) in [5.74, 6) is 0.674. The molecule has 0 saturated heterocycles. The Morgan fingerprint density at radius 2 is 1.56 bits per heavy atom. The lowest BCUT2D eigenvalue weighted by molar-refractivity contribution is 0.929. The first-order valence-electron chi connectivity index (χ1n) is 5.89. The van der Waals surface area contributed by atoms with Crippen LogP contribution in [0.2, 0.25) is 0 Å². The summed E-state index contributed by atoms with van der Waals surface area (Å²) in [5, 5.41) is 1.06. The zero-order valence-corrected chi connectivity index (χ0v) is 9.88. The highest BCUT2D eigenvalue weighted by Gasteiger charge is 2.07. The Balaban J connectivity index is 2.33. The van der Waals surface area contributed by atoms with Crippen molar-refractivity contribution in [3.63, 3.8) is 0 Å². The van der Waals surface area contributed by atoms with Crippen molar-refractivity contribution < 1.29 is 0 Å². The number of hydrogen-bond acceptors (Lipinski definition) is 3. The summed E-state index contributed by atoms with van der Waals surface area (Å²) in [4.78, 5) is 9.00. The predicted molar refractivity (Wildman–Crippen MR) is 72.9 cm³/mol. The molecule has 0 amide bonds. The lowest BCUT2D eigenvalue weighted by Gasteiger charge is -2.07. The van der Waals surface area contributed by atoms with E-state index in [0.717, 1.165) is 22.2 Å². The average Bonchev–Trinajstić information content (AvgIpc) is 2.47. The van der Waals surface area contributed by atoms with E-state index in [1.165, 1.54) is 0 Å². The lowest BCUT2D eigenvalue weighted by Crippen LogP contribution is -2.04. The standard InChI is InChI=1S/C15H13N3/c16-10-14-17-13-9-5-4-8-12(13)15(18-14)11-6-2-1-3-7-11/h1-9H,10,16H2. The maximum atomic E-state index is 5.66. The Bertz CT molecular complexity index is 678. The molecule has 88 valence electrons. The number of nitrogens with zero attached hydrogens (tertiary/aromatic N) is 2. The number of rotatable bonds is 2. The van der Waals surface area contributed by atoms with Gasteiger partial charge in [-0.05, 0) is 6.07 Å². The number of para-hydroxylation sites is 1. The molecule has 3 nitrogen and oxygen atoms in total. The molecule has 1 aromatic heterocycles. The smallest absolute Gasteiger partial charge is 0.143 e. The Kier molecular flexibility index (Phi) is 2.74. The van der Waals surface area contributed by atoms with Gasteiger partial charge in [-0.3, -0.25) is 0 Å². The van der Waals surface area contributed by atoms with Gasteiger partial charge in [0.25, 0.3) is 0 Å². The van der Waals surface area contributed by atoms with E-state index in [0.29, 0.717) is 12.4 Å². The second kappa shape index (κ2) is 4.55. The number of nitrogens with two attached hydrogens (primary N) is 1. The third kappa shape index (κ3) is 1.85. The summed E-state index contributed by atoms with van der Waals surface area (Å²) in [6.45, 7) is 0.352. The molecule has 3 aromatic rings. The van der Waals surface area contributed by atoms with Crippen LogP contribution in [0.15, 0.2) is 54.6 Å². The number of aromatic nitrogens is 2. The van der Waals surface area contributed by atoms with Crippen molar-refractivity contribution in [1.29, 1.82) is 0 Å². The summed E-state index contributed by atoms with van der Waals surface area (Å²) < 4.78 is 0. The summed E-state index contributed by atoms with van der Waals surface area (Å²) in [6.07, 6.45) is 0. The van der Waals surface area contributed by atoms with Gasteiger partial charge in [0.05, 0.1) is 17.8 Å². The first kappa shape index (κ1) is 10.9.